The minimum atomic E-state index is -4.43. The molecule has 12 heteroatoms. The van der Waals surface area contributed by atoms with E-state index in [1.54, 1.807) is 30.3 Å². The zero-order chi connectivity index (χ0) is 34.5. The molecule has 7 nitrogen and oxygen atoms in total. The van der Waals surface area contributed by atoms with E-state index in [-0.39, 0.29) is 39.8 Å². The highest BCUT2D eigenvalue weighted by atomic mass is 19.4. The Kier molecular flexibility index (Phi) is 10.3. The lowest BCUT2D eigenvalue weighted by Crippen LogP contribution is -2.40. The molecule has 0 fully saturated rings. The number of alkyl halides is 3. The van der Waals surface area contributed by atoms with Crippen LogP contribution in [0.4, 0.5) is 22.0 Å². The van der Waals surface area contributed by atoms with Gasteiger partial charge in [0.15, 0.2) is 0 Å². The zero-order valence-electron chi connectivity index (χ0n) is 25.9. The standard InChI is InChI=1S/C29H27F4N3O3.C6H5FO/c1-28(2,3)36-25(37)18-7-5-6-17(14-18)20-15-21-23(26(38)34-4)24(16-8-10-19(30)11-9-16)39-27(21)35-22(20)12-13-29(31,32)33;7-5-2-1-3-6(8)4-5/h5-11,14-15H,12-13H2,1-4H3,(H,34,38)(H,36,37);1-4,8H. The van der Waals surface area contributed by atoms with Gasteiger partial charge < -0.3 is 20.2 Å². The van der Waals surface area contributed by atoms with Crippen molar-refractivity contribution >= 4 is 22.9 Å². The molecule has 0 bridgehead atoms. The second kappa shape index (κ2) is 14.0. The predicted octanol–water partition coefficient (Wildman–Crippen LogP) is 8.22. The van der Waals surface area contributed by atoms with E-state index in [4.69, 9.17) is 9.52 Å². The maximum atomic E-state index is 13.5. The van der Waals surface area contributed by atoms with Crippen LogP contribution in [0.2, 0.25) is 0 Å². The molecule has 0 aliphatic carbocycles. The summed E-state index contributed by atoms with van der Waals surface area (Å²) >= 11 is 0. The number of hydrogen-bond acceptors (Lipinski definition) is 5. The second-order valence-electron chi connectivity index (χ2n) is 11.6. The lowest BCUT2D eigenvalue weighted by Gasteiger charge is -2.20. The Bertz CT molecular complexity index is 1880. The van der Waals surface area contributed by atoms with Crippen LogP contribution < -0.4 is 10.6 Å². The summed E-state index contributed by atoms with van der Waals surface area (Å²) in [6.07, 6.45) is -6.01. The maximum absolute atomic E-state index is 13.5. The van der Waals surface area contributed by atoms with Gasteiger partial charge in [-0.2, -0.15) is 13.2 Å². The van der Waals surface area contributed by atoms with Gasteiger partial charge in [-0.3, -0.25) is 9.59 Å². The molecule has 0 radical (unpaired) electrons. The highest BCUT2D eigenvalue weighted by molar-refractivity contribution is 6.11. The van der Waals surface area contributed by atoms with Crippen LogP contribution in [0.1, 0.15) is 53.6 Å². The van der Waals surface area contributed by atoms with Gasteiger partial charge in [0.1, 0.15) is 23.1 Å². The number of aryl methyl sites for hydroxylation is 1. The Morgan fingerprint density at radius 3 is 2.11 bits per heavy atom. The van der Waals surface area contributed by atoms with Gasteiger partial charge in [0, 0.05) is 41.8 Å². The first-order chi connectivity index (χ1) is 22.0. The van der Waals surface area contributed by atoms with Crippen molar-refractivity contribution in [2.45, 2.75) is 45.3 Å². The van der Waals surface area contributed by atoms with Gasteiger partial charge in [0.05, 0.1) is 16.6 Å². The largest absolute Gasteiger partial charge is 0.508 e. The van der Waals surface area contributed by atoms with Crippen molar-refractivity contribution in [3.05, 3.63) is 107 Å². The third-order valence-electron chi connectivity index (χ3n) is 6.70. The maximum Gasteiger partial charge on any atom is 0.389 e. The van der Waals surface area contributed by atoms with E-state index in [1.807, 2.05) is 20.8 Å². The number of benzene rings is 3. The number of rotatable bonds is 6. The van der Waals surface area contributed by atoms with Gasteiger partial charge in [0.25, 0.3) is 11.8 Å². The molecule has 0 atom stereocenters. The highest BCUT2D eigenvalue weighted by Crippen LogP contribution is 2.37. The van der Waals surface area contributed by atoms with E-state index in [0.29, 0.717) is 22.3 Å². The summed E-state index contributed by atoms with van der Waals surface area (Å²) in [6.45, 7) is 5.50. The van der Waals surface area contributed by atoms with Crippen molar-refractivity contribution in [3.8, 4) is 28.2 Å². The Balaban J connectivity index is 0.000000546. The third-order valence-corrected chi connectivity index (χ3v) is 6.70. The number of phenolic OH excluding ortho intramolecular Hbond substituents is 1. The number of aromatic hydroxyl groups is 1. The first kappa shape index (κ1) is 34.6. The number of nitrogens with one attached hydrogen (secondary N) is 2. The van der Waals surface area contributed by atoms with Crippen LogP contribution in [-0.2, 0) is 6.42 Å². The zero-order valence-corrected chi connectivity index (χ0v) is 25.9. The fourth-order valence-electron chi connectivity index (χ4n) is 4.63. The SMILES string of the molecule is CNC(=O)c1c(-c2ccc(F)cc2)oc2nc(CCC(F)(F)F)c(-c3cccc(C(=O)NC(C)(C)C)c3)cc12.Oc1cccc(F)c1. The molecule has 5 rings (SSSR count). The molecule has 5 aromatic rings. The number of carbonyl (C=O) groups is 2. The van der Waals surface area contributed by atoms with E-state index in [2.05, 4.69) is 15.6 Å². The van der Waals surface area contributed by atoms with E-state index in [0.717, 1.165) is 6.07 Å². The molecule has 0 unspecified atom stereocenters. The Morgan fingerprint density at radius 1 is 0.851 bits per heavy atom. The van der Waals surface area contributed by atoms with E-state index in [1.165, 1.54) is 49.5 Å². The summed E-state index contributed by atoms with van der Waals surface area (Å²) in [5.74, 6) is -1.68. The lowest BCUT2D eigenvalue weighted by atomic mass is 9.96. The van der Waals surface area contributed by atoms with Crippen LogP contribution in [-0.4, -0.2) is 40.7 Å². The molecule has 2 aromatic heterocycles. The van der Waals surface area contributed by atoms with Gasteiger partial charge in [0.2, 0.25) is 5.71 Å². The molecule has 0 aliphatic rings. The average Bonchev–Trinajstić information content (AvgIpc) is 3.37. The normalized spacial score (nSPS) is 11.5. The Hall–Kier alpha value is -5.26. The van der Waals surface area contributed by atoms with Crippen LogP contribution in [0.3, 0.4) is 0 Å². The van der Waals surface area contributed by atoms with Crippen LogP contribution in [0.5, 0.6) is 5.75 Å². The van der Waals surface area contributed by atoms with Crippen molar-refractivity contribution < 1.29 is 41.1 Å². The second-order valence-corrected chi connectivity index (χ2v) is 11.6. The summed E-state index contributed by atoms with van der Waals surface area (Å²) in [5, 5.41) is 14.2. The van der Waals surface area contributed by atoms with Gasteiger partial charge in [-0.05, 0) is 87.4 Å². The number of hydrogen-bond donors (Lipinski definition) is 3. The minimum Gasteiger partial charge on any atom is -0.508 e. The summed E-state index contributed by atoms with van der Waals surface area (Å²) in [6, 6.07) is 18.5. The minimum absolute atomic E-state index is 0.0320. The highest BCUT2D eigenvalue weighted by Gasteiger charge is 2.29. The molecular weight excluding hydrogens is 621 g/mol. The van der Waals surface area contributed by atoms with Crippen LogP contribution in [0, 0.1) is 11.6 Å². The third kappa shape index (κ3) is 9.15. The monoisotopic (exact) mass is 653 g/mol. The number of carbonyl (C=O) groups excluding carboxylic acids is 2. The van der Waals surface area contributed by atoms with Gasteiger partial charge in [-0.25, -0.2) is 13.8 Å². The fourth-order valence-corrected chi connectivity index (χ4v) is 4.63. The topological polar surface area (TPSA) is 104 Å². The quantitative estimate of drug-likeness (QED) is 0.160. The number of nitrogens with zero attached hydrogens (tertiary/aromatic N) is 1. The first-order valence-electron chi connectivity index (χ1n) is 14.4. The molecule has 0 saturated heterocycles. The van der Waals surface area contributed by atoms with Gasteiger partial charge in [-0.15, -0.1) is 0 Å². The van der Waals surface area contributed by atoms with E-state index >= 15 is 0 Å². The lowest BCUT2D eigenvalue weighted by molar-refractivity contribution is -0.134. The number of pyridine rings is 1. The number of phenols is 1. The van der Waals surface area contributed by atoms with Crippen molar-refractivity contribution in [2.75, 3.05) is 7.05 Å². The van der Waals surface area contributed by atoms with E-state index < -0.39 is 42.1 Å². The number of aromatic nitrogens is 1. The predicted molar refractivity (Wildman–Crippen MR) is 168 cm³/mol. The van der Waals surface area contributed by atoms with Crippen molar-refractivity contribution in [2.24, 2.45) is 0 Å². The fraction of sp³-hybridized carbons (Fsp3) is 0.229. The molecule has 3 N–H and O–H groups in total. The average molecular weight is 654 g/mol. The number of amides is 2. The Morgan fingerprint density at radius 2 is 1.53 bits per heavy atom. The first-order valence-corrected chi connectivity index (χ1v) is 14.4. The van der Waals surface area contributed by atoms with Crippen LogP contribution in [0.15, 0.2) is 83.3 Å². The number of halogens is 5. The van der Waals surface area contributed by atoms with Crippen molar-refractivity contribution in [1.29, 1.82) is 0 Å². The van der Waals surface area contributed by atoms with Crippen molar-refractivity contribution in [1.82, 2.24) is 15.6 Å². The molecule has 0 saturated carbocycles. The van der Waals surface area contributed by atoms with Gasteiger partial charge >= 0.3 is 6.18 Å². The molecule has 246 valence electrons. The Labute approximate surface area is 267 Å². The number of furan rings is 1. The molecule has 0 spiro atoms. The molecule has 2 amide bonds. The van der Waals surface area contributed by atoms with Crippen LogP contribution in [0.25, 0.3) is 33.6 Å². The molecule has 0 aliphatic heterocycles. The van der Waals surface area contributed by atoms with Crippen molar-refractivity contribution in [3.63, 3.8) is 0 Å². The molecule has 2 heterocycles. The van der Waals surface area contributed by atoms with E-state index in [9.17, 15) is 31.5 Å². The van der Waals surface area contributed by atoms with Crippen LogP contribution >= 0.6 is 0 Å². The van der Waals surface area contributed by atoms with Gasteiger partial charge in [-0.1, -0.05) is 18.2 Å². The smallest absolute Gasteiger partial charge is 0.389 e. The summed E-state index contributed by atoms with van der Waals surface area (Å²) in [7, 11) is 1.43. The molecule has 47 heavy (non-hydrogen) atoms. The number of fused-ring (bicyclic) bond motifs is 1. The molecular formula is C35H32F5N3O4. The summed E-state index contributed by atoms with van der Waals surface area (Å²) < 4.78 is 71.0. The summed E-state index contributed by atoms with van der Waals surface area (Å²) in [4.78, 5) is 30.1. The summed E-state index contributed by atoms with van der Waals surface area (Å²) in [5.41, 5.74) is 1.16. The molecule has 3 aromatic carbocycles.